The third-order valence-electron chi connectivity index (χ3n) is 16.3. The van der Waals surface area contributed by atoms with Crippen molar-refractivity contribution in [1.29, 1.82) is 0 Å². The van der Waals surface area contributed by atoms with Gasteiger partial charge in [-0.1, -0.05) is 85.2 Å². The first-order valence-electron chi connectivity index (χ1n) is 30.4. The van der Waals surface area contributed by atoms with Gasteiger partial charge in [0, 0.05) is 73.0 Å². The van der Waals surface area contributed by atoms with E-state index in [1.807, 2.05) is 0 Å². The highest BCUT2D eigenvalue weighted by molar-refractivity contribution is 7.99. The zero-order valence-corrected chi connectivity index (χ0v) is 53.0. The molecule has 91 heavy (non-hydrogen) atoms. The minimum atomic E-state index is -1.83. The summed E-state index contributed by atoms with van der Waals surface area (Å²) >= 11 is 0.996. The lowest BCUT2D eigenvalue weighted by Crippen LogP contribution is -2.62. The van der Waals surface area contributed by atoms with Crippen LogP contribution < -0.4 is 58.5 Å². The molecule has 1 saturated heterocycles. The van der Waals surface area contributed by atoms with Crippen LogP contribution in [0.4, 0.5) is 5.69 Å². The number of para-hydroxylation sites is 1. The van der Waals surface area contributed by atoms with Crippen molar-refractivity contribution in [2.24, 2.45) is 23.7 Å². The van der Waals surface area contributed by atoms with Crippen molar-refractivity contribution in [2.45, 2.75) is 166 Å². The van der Waals surface area contributed by atoms with Crippen molar-refractivity contribution in [1.82, 2.24) is 63.1 Å². The minimum Gasteiger partial charge on any atom is -0.394 e. The van der Waals surface area contributed by atoms with Gasteiger partial charge in [0.15, 0.2) is 0 Å². The van der Waals surface area contributed by atoms with Crippen LogP contribution in [0, 0.1) is 23.7 Å². The number of anilines is 1. The zero-order valence-electron chi connectivity index (χ0n) is 52.2. The number of rotatable bonds is 19. The standard InChI is InChI=1S/C61H85N13O16S/c1-9-31(6)51-57(87)64-24-48(81)67-42-28-91-60-38(37-12-10-11-13-39(37)70-60)21-40(54(84)63-25-49(82)72-51)68-59(89)52(32(7)45(78)27-75)73-56(86)43-20-36(76)26-74(43)61(90)41(69-55(42)85)22-47(80)62-23-34-14-16-35(17-15-34)66-53(83)33(8)65-58(88)50(30(4)5)71-46(79)19-18-44(77)29(2)3/h10-17,29-33,36,40-43,45,50-52,70,75-76,78H,9,18-28H2,1-8H3,(H,62,80)(H,63,84)(H,64,87)(H,65,88)(H,66,83)(H,67,81)(H,68,89)(H,69,85)(H,71,79)(H,72,82)(H,73,86)/t31-,32-,33-,36+,40-,41-,42-,43-,45-,50-,51-,52-/m0/s1. The molecule has 12 atom stereocenters. The number of aliphatic hydroxyl groups is 3. The van der Waals surface area contributed by atoms with Gasteiger partial charge < -0.3 is 83.7 Å². The van der Waals surface area contributed by atoms with Crippen LogP contribution in [0.3, 0.4) is 0 Å². The van der Waals surface area contributed by atoms with Gasteiger partial charge >= 0.3 is 0 Å². The Labute approximate surface area is 530 Å². The molecule has 0 aliphatic carbocycles. The number of ketones is 1. The first kappa shape index (κ1) is 71.6. The second kappa shape index (κ2) is 33.0. The van der Waals surface area contributed by atoms with E-state index in [4.69, 9.17) is 0 Å². The number of aromatic nitrogens is 1. The number of aliphatic hydroxyl groups excluding tert-OH is 3. The van der Waals surface area contributed by atoms with E-state index in [9.17, 15) is 72.9 Å². The van der Waals surface area contributed by atoms with Gasteiger partial charge in [0.1, 0.15) is 54.1 Å². The number of benzene rings is 2. The van der Waals surface area contributed by atoms with Gasteiger partial charge in [-0.2, -0.15) is 0 Å². The molecular formula is C61H85N13O16S. The number of amides is 12. The average molecular weight is 1290 g/mol. The molecular weight excluding hydrogens is 1200 g/mol. The summed E-state index contributed by atoms with van der Waals surface area (Å²) in [5, 5.41) is 61.7. The summed E-state index contributed by atoms with van der Waals surface area (Å²) in [4.78, 5) is 184. The molecule has 1 fully saturated rings. The van der Waals surface area contributed by atoms with E-state index in [1.54, 1.807) is 77.9 Å². The third-order valence-corrected chi connectivity index (χ3v) is 17.4. The van der Waals surface area contributed by atoms with Crippen LogP contribution in [0.5, 0.6) is 0 Å². The predicted molar refractivity (Wildman–Crippen MR) is 331 cm³/mol. The summed E-state index contributed by atoms with van der Waals surface area (Å²) in [6, 6.07) is 1.47. The number of nitrogens with one attached hydrogen (secondary N) is 12. The second-order valence-electron chi connectivity index (χ2n) is 23.9. The number of Topliss-reactive ketones (excluding diaryl/α,β-unsaturated/α-hetero) is 1. The van der Waals surface area contributed by atoms with Gasteiger partial charge in [0.25, 0.3) is 0 Å². The number of hydrogen-bond donors (Lipinski definition) is 15. The number of nitrogens with zero attached hydrogens (tertiary/aromatic N) is 1. The van der Waals surface area contributed by atoms with Gasteiger partial charge in [0.05, 0.1) is 43.4 Å². The number of carbonyl (C=O) groups excluding carboxylic acids is 13. The van der Waals surface area contributed by atoms with Crippen molar-refractivity contribution >= 4 is 105 Å². The van der Waals surface area contributed by atoms with Gasteiger partial charge in [-0.3, -0.25) is 62.3 Å². The second-order valence-corrected chi connectivity index (χ2v) is 24.9. The van der Waals surface area contributed by atoms with E-state index in [-0.39, 0.29) is 49.2 Å². The van der Waals surface area contributed by atoms with E-state index in [0.717, 1.165) is 16.7 Å². The van der Waals surface area contributed by atoms with Crippen LogP contribution in [0.25, 0.3) is 10.9 Å². The van der Waals surface area contributed by atoms with Gasteiger partial charge in [-0.05, 0) is 48.1 Å². The van der Waals surface area contributed by atoms with Crippen LogP contribution in [0.15, 0.2) is 53.6 Å². The van der Waals surface area contributed by atoms with Crippen molar-refractivity contribution in [2.75, 3.05) is 37.3 Å². The largest absolute Gasteiger partial charge is 0.394 e. The molecule has 1 aromatic heterocycles. The minimum absolute atomic E-state index is 0.0183. The van der Waals surface area contributed by atoms with Crippen molar-refractivity contribution in [3.63, 3.8) is 0 Å². The zero-order chi connectivity index (χ0) is 67.0. The summed E-state index contributed by atoms with van der Waals surface area (Å²) in [5.41, 5.74) is 1.74. The maximum Gasteiger partial charge on any atom is 0.246 e. The smallest absolute Gasteiger partial charge is 0.246 e. The summed E-state index contributed by atoms with van der Waals surface area (Å²) < 4.78 is 0. The number of H-pyrrole nitrogens is 1. The molecule has 12 amide bonds. The van der Waals surface area contributed by atoms with Gasteiger partial charge in [-0.15, -0.1) is 11.8 Å². The monoisotopic (exact) mass is 1290 g/mol. The Kier molecular flexibility index (Phi) is 26.0. The lowest BCUT2D eigenvalue weighted by atomic mass is 9.93. The summed E-state index contributed by atoms with van der Waals surface area (Å²) in [5.74, 6) is -12.9. The van der Waals surface area contributed by atoms with Gasteiger partial charge in [-0.25, -0.2) is 0 Å². The normalized spacial score (nSPS) is 23.3. The van der Waals surface area contributed by atoms with E-state index in [0.29, 0.717) is 39.2 Å². The fraction of sp³-hybridized carbons (Fsp3) is 0.557. The number of carbonyl (C=O) groups is 13. The number of aromatic amines is 1. The fourth-order valence-corrected chi connectivity index (χ4v) is 11.5. The van der Waals surface area contributed by atoms with Crippen LogP contribution >= 0.6 is 11.8 Å². The lowest BCUT2D eigenvalue weighted by molar-refractivity contribution is -0.144. The number of thioether (sulfide) groups is 1. The maximum absolute atomic E-state index is 15.0. The summed E-state index contributed by atoms with van der Waals surface area (Å²) in [6.07, 6.45) is -4.25. The van der Waals surface area contributed by atoms with Crippen molar-refractivity contribution in [3.05, 3.63) is 59.7 Å². The molecule has 2 aromatic carbocycles. The Bertz CT molecular complexity index is 3200. The Morgan fingerprint density at radius 2 is 1.38 bits per heavy atom. The maximum atomic E-state index is 15.0. The molecule has 29 nitrogen and oxygen atoms in total. The molecule has 30 heteroatoms. The molecule has 496 valence electrons. The molecule has 4 heterocycles. The molecule has 3 aromatic rings. The molecule has 15 N–H and O–H groups in total. The highest BCUT2D eigenvalue weighted by Crippen LogP contribution is 2.32. The van der Waals surface area contributed by atoms with E-state index < -0.39 is 182 Å². The number of fused-ring (bicyclic) bond motifs is 5. The molecule has 0 saturated carbocycles. The highest BCUT2D eigenvalue weighted by Gasteiger charge is 2.45. The molecule has 3 aliphatic heterocycles. The molecule has 2 bridgehead atoms. The predicted octanol–water partition coefficient (Wildman–Crippen LogP) is -2.22. The number of hydrogen-bond acceptors (Lipinski definition) is 17. The van der Waals surface area contributed by atoms with Crippen LogP contribution in [0.1, 0.15) is 98.6 Å². The Morgan fingerprint density at radius 1 is 0.714 bits per heavy atom. The molecule has 6 rings (SSSR count). The molecule has 3 aliphatic rings. The Hall–Kier alpha value is -8.48. The third kappa shape index (κ3) is 19.8. The highest BCUT2D eigenvalue weighted by atomic mass is 32.2. The van der Waals surface area contributed by atoms with E-state index in [2.05, 4.69) is 63.5 Å². The molecule has 0 spiro atoms. The molecule has 0 unspecified atom stereocenters. The van der Waals surface area contributed by atoms with E-state index in [1.165, 1.54) is 26.0 Å². The topological polar surface area (TPSA) is 434 Å². The average Bonchev–Trinajstić information content (AvgIpc) is 1.75. The van der Waals surface area contributed by atoms with Crippen molar-refractivity contribution < 1.29 is 77.6 Å². The van der Waals surface area contributed by atoms with Crippen molar-refractivity contribution in [3.8, 4) is 0 Å². The van der Waals surface area contributed by atoms with Gasteiger partial charge in [0.2, 0.25) is 70.9 Å². The quantitative estimate of drug-likeness (QED) is 0.0604. The first-order valence-corrected chi connectivity index (χ1v) is 31.4. The fourth-order valence-electron chi connectivity index (χ4n) is 10.4. The Morgan fingerprint density at radius 3 is 2.04 bits per heavy atom. The van der Waals surface area contributed by atoms with Crippen LogP contribution in [-0.2, 0) is 75.3 Å². The Balaban J connectivity index is 1.30. The summed E-state index contributed by atoms with van der Waals surface area (Å²) in [6.45, 7) is 10.1. The van der Waals surface area contributed by atoms with Crippen LogP contribution in [0.2, 0.25) is 0 Å². The van der Waals surface area contributed by atoms with Crippen LogP contribution in [-0.4, -0.2) is 194 Å². The first-order chi connectivity index (χ1) is 43.1. The molecule has 0 radical (unpaired) electrons. The summed E-state index contributed by atoms with van der Waals surface area (Å²) in [7, 11) is 0. The SMILES string of the molecule is CC[C@H](C)[C@@H]1NC(=O)CNC(=O)[C@@H]2Cc3c([nH]c4ccccc34)SC[C@H](NC(=O)CNC1=O)C(=O)N[C@@H](CC(=O)NCc1ccc(NC(=O)[C@H](C)NC(=O)[C@@H](NC(=O)CCC(=O)C(C)C)C(C)C)cc1)C(=O)N1C[C@H](O)C[C@H]1C(=O)N[C@@H]([C@@H](C)[C@@H](O)CO)C(=O)N2. The lowest BCUT2D eigenvalue weighted by Gasteiger charge is -2.33. The van der Waals surface area contributed by atoms with E-state index >= 15 is 4.79 Å².